The Labute approximate surface area is 122 Å². The molecule has 1 aliphatic heterocycles. The summed E-state index contributed by atoms with van der Waals surface area (Å²) in [5.74, 6) is 0.727. The molecule has 0 bridgehead atoms. The van der Waals surface area contributed by atoms with Crippen LogP contribution in [0.25, 0.3) is 0 Å². The fourth-order valence-corrected chi connectivity index (χ4v) is 3.51. The number of amides is 1. The van der Waals surface area contributed by atoms with Crippen molar-refractivity contribution in [2.75, 3.05) is 13.7 Å². The first-order valence-electron chi connectivity index (χ1n) is 7.35. The van der Waals surface area contributed by atoms with E-state index >= 15 is 0 Å². The first-order valence-corrected chi connectivity index (χ1v) is 7.35. The van der Waals surface area contributed by atoms with Crippen molar-refractivity contribution in [3.8, 4) is 5.75 Å². The molecule has 0 spiro atoms. The van der Waals surface area contributed by atoms with Gasteiger partial charge in [0.25, 0.3) is 5.91 Å². The molecule has 2 N–H and O–H groups in total. The van der Waals surface area contributed by atoms with Crippen LogP contribution < -0.4 is 15.5 Å². The first kappa shape index (κ1) is 14.1. The molecule has 4 atom stereocenters. The zero-order valence-electron chi connectivity index (χ0n) is 12.2. The van der Waals surface area contributed by atoms with Crippen molar-refractivity contribution >= 4 is 5.91 Å². The Kier molecular flexibility index (Phi) is 3.71. The van der Waals surface area contributed by atoms with E-state index in [1.54, 1.807) is 0 Å². The summed E-state index contributed by atoms with van der Waals surface area (Å²) < 4.78 is 10.6. The SMILES string of the molecule is CC[C@@H]1[C@@H](NC(=O)c2cc(=O)c(OC)c[nH]2)[C@@H]2CCO[C@H]12. The number of carbonyl (C=O) groups is 1. The molecule has 3 rings (SSSR count). The zero-order valence-corrected chi connectivity index (χ0v) is 12.2. The molecule has 0 unspecified atom stereocenters. The fourth-order valence-electron chi connectivity index (χ4n) is 3.51. The lowest BCUT2D eigenvalue weighted by molar-refractivity contribution is -0.0545. The lowest BCUT2D eigenvalue weighted by atomic mass is 9.65. The normalized spacial score (nSPS) is 30.4. The van der Waals surface area contributed by atoms with Gasteiger partial charge < -0.3 is 19.8 Å². The number of ether oxygens (including phenoxy) is 2. The lowest BCUT2D eigenvalue weighted by Gasteiger charge is -2.47. The number of carbonyl (C=O) groups excluding carboxylic acids is 1. The van der Waals surface area contributed by atoms with Crippen molar-refractivity contribution in [1.29, 1.82) is 0 Å². The molecule has 114 valence electrons. The quantitative estimate of drug-likeness (QED) is 0.865. The highest BCUT2D eigenvalue weighted by atomic mass is 16.5. The van der Waals surface area contributed by atoms with Gasteiger partial charge in [0.15, 0.2) is 5.75 Å². The van der Waals surface area contributed by atoms with Crippen LogP contribution in [0, 0.1) is 11.8 Å². The highest BCUT2D eigenvalue weighted by molar-refractivity contribution is 5.92. The molecule has 2 heterocycles. The minimum atomic E-state index is -0.302. The molecule has 1 saturated heterocycles. The number of pyridine rings is 1. The number of hydrogen-bond donors (Lipinski definition) is 2. The number of rotatable bonds is 4. The van der Waals surface area contributed by atoms with Crippen LogP contribution in [-0.4, -0.2) is 36.8 Å². The van der Waals surface area contributed by atoms with Crippen LogP contribution in [0.15, 0.2) is 17.1 Å². The summed E-state index contributed by atoms with van der Waals surface area (Å²) >= 11 is 0. The van der Waals surface area contributed by atoms with Crippen LogP contribution in [0.4, 0.5) is 0 Å². The minimum absolute atomic E-state index is 0.139. The fraction of sp³-hybridized carbons (Fsp3) is 0.600. The number of methoxy groups -OCH3 is 1. The van der Waals surface area contributed by atoms with E-state index in [1.165, 1.54) is 19.4 Å². The Balaban J connectivity index is 1.71. The van der Waals surface area contributed by atoms with Crippen LogP contribution in [-0.2, 0) is 4.74 Å². The van der Waals surface area contributed by atoms with Gasteiger partial charge in [-0.05, 0) is 12.8 Å². The second-order valence-corrected chi connectivity index (χ2v) is 5.64. The zero-order chi connectivity index (χ0) is 15.0. The van der Waals surface area contributed by atoms with E-state index in [2.05, 4.69) is 17.2 Å². The van der Waals surface area contributed by atoms with Crippen LogP contribution in [0.5, 0.6) is 5.75 Å². The molecule has 6 nitrogen and oxygen atoms in total. The van der Waals surface area contributed by atoms with E-state index in [-0.39, 0.29) is 34.9 Å². The van der Waals surface area contributed by atoms with E-state index in [9.17, 15) is 9.59 Å². The second kappa shape index (κ2) is 5.52. The van der Waals surface area contributed by atoms with Crippen molar-refractivity contribution in [3.63, 3.8) is 0 Å². The Hall–Kier alpha value is -1.82. The average Bonchev–Trinajstić information content (AvgIpc) is 2.89. The summed E-state index contributed by atoms with van der Waals surface area (Å²) in [6.45, 7) is 2.88. The molecular formula is C15H20N2O4. The molecular weight excluding hydrogens is 272 g/mol. The van der Waals surface area contributed by atoms with E-state index < -0.39 is 0 Å². The molecule has 1 aromatic rings. The molecule has 2 fully saturated rings. The molecule has 21 heavy (non-hydrogen) atoms. The number of H-pyrrole nitrogens is 1. The summed E-state index contributed by atoms with van der Waals surface area (Å²) in [6, 6.07) is 1.41. The minimum Gasteiger partial charge on any atom is -0.491 e. The average molecular weight is 292 g/mol. The van der Waals surface area contributed by atoms with Gasteiger partial charge in [-0.25, -0.2) is 0 Å². The second-order valence-electron chi connectivity index (χ2n) is 5.64. The van der Waals surface area contributed by atoms with Gasteiger partial charge in [0.05, 0.1) is 13.2 Å². The van der Waals surface area contributed by atoms with Gasteiger partial charge in [0.1, 0.15) is 5.69 Å². The van der Waals surface area contributed by atoms with Gasteiger partial charge in [-0.1, -0.05) is 6.92 Å². The monoisotopic (exact) mass is 292 g/mol. The summed E-state index contributed by atoms with van der Waals surface area (Å²) in [4.78, 5) is 26.8. The van der Waals surface area contributed by atoms with Crippen LogP contribution in [0.1, 0.15) is 30.3 Å². The predicted molar refractivity (Wildman–Crippen MR) is 76.5 cm³/mol. The summed E-state index contributed by atoms with van der Waals surface area (Å²) in [6.07, 6.45) is 3.67. The largest absolute Gasteiger partial charge is 0.491 e. The molecule has 1 saturated carbocycles. The number of aromatic nitrogens is 1. The number of nitrogens with one attached hydrogen (secondary N) is 2. The van der Waals surface area contributed by atoms with Crippen LogP contribution in [0.3, 0.4) is 0 Å². The van der Waals surface area contributed by atoms with Crippen molar-refractivity contribution in [3.05, 3.63) is 28.2 Å². The maximum Gasteiger partial charge on any atom is 0.268 e. The standard InChI is InChI=1S/C15H20N2O4/c1-3-8-13(9-4-5-21-14(8)9)17-15(19)10-6-11(18)12(20-2)7-16-10/h6-9,13-14H,3-5H2,1-2H3,(H,16,18)(H,17,19)/t8-,9+,13-,14-/m1/s1. The van der Waals surface area contributed by atoms with Crippen molar-refractivity contribution < 1.29 is 14.3 Å². The van der Waals surface area contributed by atoms with Crippen molar-refractivity contribution in [2.45, 2.75) is 31.9 Å². The maximum absolute atomic E-state index is 12.3. The Morgan fingerprint density at radius 3 is 3.05 bits per heavy atom. The predicted octanol–water partition coefficient (Wildman–Crippen LogP) is 0.927. The van der Waals surface area contributed by atoms with Gasteiger partial charge in [-0.3, -0.25) is 9.59 Å². The van der Waals surface area contributed by atoms with Crippen LogP contribution >= 0.6 is 0 Å². The number of aromatic amines is 1. The Bertz CT molecular complexity index is 598. The molecule has 2 aliphatic rings. The Morgan fingerprint density at radius 1 is 1.57 bits per heavy atom. The molecule has 0 aromatic carbocycles. The van der Waals surface area contributed by atoms with E-state index in [0.717, 1.165) is 19.4 Å². The van der Waals surface area contributed by atoms with Gasteiger partial charge in [-0.2, -0.15) is 0 Å². The van der Waals surface area contributed by atoms with Gasteiger partial charge in [0, 0.05) is 36.7 Å². The first-order chi connectivity index (χ1) is 10.2. The van der Waals surface area contributed by atoms with Crippen molar-refractivity contribution in [2.24, 2.45) is 11.8 Å². The topological polar surface area (TPSA) is 80.4 Å². The molecule has 1 amide bonds. The summed E-state index contributed by atoms with van der Waals surface area (Å²) in [5, 5.41) is 3.04. The van der Waals surface area contributed by atoms with E-state index in [4.69, 9.17) is 9.47 Å². The highest BCUT2D eigenvalue weighted by Gasteiger charge is 2.53. The third kappa shape index (κ3) is 2.33. The smallest absolute Gasteiger partial charge is 0.268 e. The van der Waals surface area contributed by atoms with Crippen molar-refractivity contribution in [1.82, 2.24) is 10.3 Å². The number of hydrogen-bond acceptors (Lipinski definition) is 4. The molecule has 1 aromatic heterocycles. The Morgan fingerprint density at radius 2 is 2.38 bits per heavy atom. The molecule has 0 radical (unpaired) electrons. The van der Waals surface area contributed by atoms with E-state index in [1.807, 2.05) is 0 Å². The maximum atomic E-state index is 12.3. The third-order valence-corrected chi connectivity index (χ3v) is 4.64. The van der Waals surface area contributed by atoms with Crippen LogP contribution in [0.2, 0.25) is 0 Å². The highest BCUT2D eigenvalue weighted by Crippen LogP contribution is 2.45. The lowest BCUT2D eigenvalue weighted by Crippen LogP contribution is -2.61. The molecule has 1 aliphatic carbocycles. The van der Waals surface area contributed by atoms with Gasteiger partial charge in [-0.15, -0.1) is 0 Å². The van der Waals surface area contributed by atoms with E-state index in [0.29, 0.717) is 11.8 Å². The van der Waals surface area contributed by atoms with Gasteiger partial charge in [0.2, 0.25) is 5.43 Å². The number of fused-ring (bicyclic) bond motifs is 1. The summed E-state index contributed by atoms with van der Waals surface area (Å²) in [7, 11) is 1.42. The third-order valence-electron chi connectivity index (χ3n) is 4.64. The molecule has 6 heteroatoms. The summed E-state index contributed by atoms with van der Waals surface area (Å²) in [5.41, 5.74) is -0.0397. The van der Waals surface area contributed by atoms with Gasteiger partial charge >= 0.3 is 0 Å².